The van der Waals surface area contributed by atoms with E-state index in [9.17, 15) is 8.42 Å². The molecule has 2 rings (SSSR count). The molecule has 0 aromatic heterocycles. The first kappa shape index (κ1) is 15.9. The second-order valence-electron chi connectivity index (χ2n) is 5.23. The quantitative estimate of drug-likeness (QED) is 0.877. The maximum absolute atomic E-state index is 12.9. The molecule has 1 heterocycles. The number of benzene rings is 1. The lowest BCUT2D eigenvalue weighted by atomic mass is 10.2. The average Bonchev–Trinajstić information content (AvgIpc) is 2.88. The van der Waals surface area contributed by atoms with Gasteiger partial charge in [-0.25, -0.2) is 8.42 Å². The Morgan fingerprint density at radius 2 is 2.15 bits per heavy atom. The van der Waals surface area contributed by atoms with Gasteiger partial charge >= 0.3 is 0 Å². The van der Waals surface area contributed by atoms with E-state index in [2.05, 4.69) is 21.2 Å². The summed E-state index contributed by atoms with van der Waals surface area (Å²) in [6, 6.07) is 5.41. The zero-order valence-corrected chi connectivity index (χ0v) is 14.3. The standard InChI is InChI=1S/C14H21BrN2O2S/c1-3-6-17(13-4-5-16-10-13)20(18,19)14-8-11(2)7-12(15)9-14/h7-9,13,16H,3-6,10H2,1-2H3. The van der Waals surface area contributed by atoms with Gasteiger partial charge < -0.3 is 5.32 Å². The Hall–Kier alpha value is -0.430. The van der Waals surface area contributed by atoms with Gasteiger partial charge in [-0.2, -0.15) is 4.31 Å². The SMILES string of the molecule is CCCN(C1CCNC1)S(=O)(=O)c1cc(C)cc(Br)c1. The van der Waals surface area contributed by atoms with Crippen molar-refractivity contribution in [3.8, 4) is 0 Å². The third-order valence-electron chi connectivity index (χ3n) is 3.51. The van der Waals surface area contributed by atoms with Gasteiger partial charge in [0.1, 0.15) is 0 Å². The minimum Gasteiger partial charge on any atom is -0.315 e. The van der Waals surface area contributed by atoms with Gasteiger partial charge in [0, 0.05) is 23.6 Å². The maximum Gasteiger partial charge on any atom is 0.243 e. The molecule has 1 unspecified atom stereocenters. The first-order chi connectivity index (χ1) is 9.45. The smallest absolute Gasteiger partial charge is 0.243 e. The van der Waals surface area contributed by atoms with Crippen LogP contribution in [0.4, 0.5) is 0 Å². The van der Waals surface area contributed by atoms with Gasteiger partial charge in [-0.1, -0.05) is 22.9 Å². The van der Waals surface area contributed by atoms with E-state index >= 15 is 0 Å². The van der Waals surface area contributed by atoms with E-state index in [1.54, 1.807) is 16.4 Å². The molecule has 0 amide bonds. The Kier molecular flexibility index (Phi) is 5.23. The average molecular weight is 361 g/mol. The molecule has 0 spiro atoms. The minimum atomic E-state index is -3.43. The topological polar surface area (TPSA) is 49.4 Å². The fourth-order valence-corrected chi connectivity index (χ4v) is 5.23. The summed E-state index contributed by atoms with van der Waals surface area (Å²) in [5.74, 6) is 0. The molecule has 1 aromatic rings. The Balaban J connectivity index is 2.38. The molecule has 0 aliphatic carbocycles. The molecule has 1 aliphatic rings. The van der Waals surface area contributed by atoms with E-state index in [1.807, 2.05) is 19.9 Å². The maximum atomic E-state index is 12.9. The Bertz CT molecular complexity index is 548. The molecule has 0 radical (unpaired) electrons. The van der Waals surface area contributed by atoms with E-state index in [1.165, 1.54) is 0 Å². The van der Waals surface area contributed by atoms with Crippen LogP contribution in [0.5, 0.6) is 0 Å². The summed E-state index contributed by atoms with van der Waals surface area (Å²) in [4.78, 5) is 0.379. The number of hydrogen-bond acceptors (Lipinski definition) is 3. The Morgan fingerprint density at radius 3 is 2.70 bits per heavy atom. The molecular weight excluding hydrogens is 340 g/mol. The van der Waals surface area contributed by atoms with E-state index < -0.39 is 10.0 Å². The normalized spacial score (nSPS) is 19.7. The number of nitrogens with zero attached hydrogens (tertiary/aromatic N) is 1. The van der Waals surface area contributed by atoms with Crippen molar-refractivity contribution in [2.24, 2.45) is 0 Å². The van der Waals surface area contributed by atoms with Crippen molar-refractivity contribution in [1.82, 2.24) is 9.62 Å². The van der Waals surface area contributed by atoms with Crippen LogP contribution in [0.1, 0.15) is 25.3 Å². The number of aryl methyl sites for hydroxylation is 1. The summed E-state index contributed by atoms with van der Waals surface area (Å²) in [5, 5.41) is 3.24. The second-order valence-corrected chi connectivity index (χ2v) is 8.03. The highest BCUT2D eigenvalue weighted by molar-refractivity contribution is 9.10. The monoisotopic (exact) mass is 360 g/mol. The third-order valence-corrected chi connectivity index (χ3v) is 5.90. The predicted octanol–water partition coefficient (Wildman–Crippen LogP) is 2.52. The number of hydrogen-bond donors (Lipinski definition) is 1. The highest BCUT2D eigenvalue weighted by atomic mass is 79.9. The first-order valence-electron chi connectivity index (χ1n) is 6.95. The Morgan fingerprint density at radius 1 is 1.40 bits per heavy atom. The van der Waals surface area contributed by atoms with E-state index in [0.29, 0.717) is 11.4 Å². The molecule has 1 atom stereocenters. The van der Waals surface area contributed by atoms with Crippen LogP contribution in [0.25, 0.3) is 0 Å². The third kappa shape index (κ3) is 3.42. The highest BCUT2D eigenvalue weighted by Gasteiger charge is 2.32. The molecule has 1 saturated heterocycles. The van der Waals surface area contributed by atoms with Gasteiger partial charge in [-0.05, 0) is 50.1 Å². The zero-order valence-electron chi connectivity index (χ0n) is 11.9. The number of rotatable bonds is 5. The highest BCUT2D eigenvalue weighted by Crippen LogP contribution is 2.25. The number of sulfonamides is 1. The lowest BCUT2D eigenvalue weighted by Crippen LogP contribution is -2.42. The van der Waals surface area contributed by atoms with Crippen LogP contribution in [-0.2, 0) is 10.0 Å². The summed E-state index contributed by atoms with van der Waals surface area (Å²) >= 11 is 3.38. The largest absolute Gasteiger partial charge is 0.315 e. The van der Waals surface area contributed by atoms with Crippen LogP contribution >= 0.6 is 15.9 Å². The number of halogens is 1. The van der Waals surface area contributed by atoms with Crippen molar-refractivity contribution in [3.05, 3.63) is 28.2 Å². The molecule has 6 heteroatoms. The van der Waals surface area contributed by atoms with E-state index in [-0.39, 0.29) is 6.04 Å². The van der Waals surface area contributed by atoms with Crippen molar-refractivity contribution >= 4 is 26.0 Å². The Labute approximate surface area is 129 Å². The van der Waals surface area contributed by atoms with E-state index in [4.69, 9.17) is 0 Å². The minimum absolute atomic E-state index is 0.0687. The van der Waals surface area contributed by atoms with Crippen LogP contribution < -0.4 is 5.32 Å². The zero-order chi connectivity index (χ0) is 14.8. The van der Waals surface area contributed by atoms with Crippen molar-refractivity contribution in [2.45, 2.75) is 37.6 Å². The van der Waals surface area contributed by atoms with Crippen molar-refractivity contribution in [2.75, 3.05) is 19.6 Å². The predicted molar refractivity (Wildman–Crippen MR) is 84.3 cm³/mol. The second kappa shape index (κ2) is 6.56. The van der Waals surface area contributed by atoms with Crippen molar-refractivity contribution in [1.29, 1.82) is 0 Å². The summed E-state index contributed by atoms with van der Waals surface area (Å²) < 4.78 is 28.2. The number of nitrogens with one attached hydrogen (secondary N) is 1. The first-order valence-corrected chi connectivity index (χ1v) is 9.18. The molecule has 0 bridgehead atoms. The van der Waals surface area contributed by atoms with Gasteiger partial charge in [0.25, 0.3) is 0 Å². The van der Waals surface area contributed by atoms with Gasteiger partial charge in [-0.15, -0.1) is 0 Å². The van der Waals surface area contributed by atoms with Gasteiger partial charge in [0.05, 0.1) is 4.90 Å². The molecule has 20 heavy (non-hydrogen) atoms. The van der Waals surface area contributed by atoms with Gasteiger partial charge in [-0.3, -0.25) is 0 Å². The van der Waals surface area contributed by atoms with Gasteiger partial charge in [0.15, 0.2) is 0 Å². The van der Waals surface area contributed by atoms with Crippen LogP contribution in [0, 0.1) is 6.92 Å². The van der Waals surface area contributed by atoms with Gasteiger partial charge in [0.2, 0.25) is 10.0 Å². The van der Waals surface area contributed by atoms with Crippen LogP contribution in [0.15, 0.2) is 27.6 Å². The summed E-state index contributed by atoms with van der Waals surface area (Å²) in [7, 11) is -3.43. The molecule has 112 valence electrons. The molecule has 1 aliphatic heterocycles. The summed E-state index contributed by atoms with van der Waals surface area (Å²) in [5.41, 5.74) is 0.943. The van der Waals surface area contributed by atoms with Crippen molar-refractivity contribution in [3.63, 3.8) is 0 Å². The fraction of sp³-hybridized carbons (Fsp3) is 0.571. The fourth-order valence-electron chi connectivity index (χ4n) is 2.59. The van der Waals surface area contributed by atoms with E-state index in [0.717, 1.165) is 36.0 Å². The molecular formula is C14H21BrN2O2S. The van der Waals surface area contributed by atoms with Crippen LogP contribution in [-0.4, -0.2) is 38.4 Å². The van der Waals surface area contributed by atoms with Crippen LogP contribution in [0.2, 0.25) is 0 Å². The molecule has 4 nitrogen and oxygen atoms in total. The lowest BCUT2D eigenvalue weighted by molar-refractivity contribution is 0.335. The molecule has 1 aromatic carbocycles. The lowest BCUT2D eigenvalue weighted by Gasteiger charge is -2.27. The molecule has 0 saturated carbocycles. The van der Waals surface area contributed by atoms with Crippen LogP contribution in [0.3, 0.4) is 0 Å². The molecule has 1 fully saturated rings. The molecule has 1 N–H and O–H groups in total. The van der Waals surface area contributed by atoms with Crippen molar-refractivity contribution < 1.29 is 8.42 Å². The summed E-state index contributed by atoms with van der Waals surface area (Å²) in [6.45, 7) is 6.12. The summed E-state index contributed by atoms with van der Waals surface area (Å²) in [6.07, 6.45) is 1.70.